The van der Waals surface area contributed by atoms with Crippen molar-refractivity contribution >= 4 is 34.7 Å². The Balaban J connectivity index is 1.95. The molecular formula is C24H21Cl2NO3. The molecule has 0 saturated carbocycles. The monoisotopic (exact) mass is 441 g/mol. The van der Waals surface area contributed by atoms with Gasteiger partial charge >= 0.3 is 0 Å². The lowest BCUT2D eigenvalue weighted by molar-refractivity contribution is -0.111. The van der Waals surface area contributed by atoms with E-state index in [9.17, 15) is 4.79 Å². The van der Waals surface area contributed by atoms with Gasteiger partial charge in [0.05, 0.1) is 0 Å². The van der Waals surface area contributed by atoms with Gasteiger partial charge in [0.15, 0.2) is 17.3 Å². The normalized spacial score (nSPS) is 11.3. The molecule has 0 amide bonds. The standard InChI is InChI=1S/C24H21Cl2NO3/c1-16(28)23(27-2)19-10-7-13-22(29-14-17-8-3-5-11-20(17)25)24(19)30-15-18-9-4-6-12-21(18)26/h3-13H,14-15H2,1-2H3. The Labute approximate surface area is 186 Å². The number of rotatable bonds is 8. The molecule has 6 heteroatoms. The average molecular weight is 442 g/mol. The van der Waals surface area contributed by atoms with E-state index in [1.807, 2.05) is 42.5 Å². The van der Waals surface area contributed by atoms with Crippen LogP contribution in [0.25, 0.3) is 0 Å². The van der Waals surface area contributed by atoms with Crippen molar-refractivity contribution in [2.45, 2.75) is 20.1 Å². The van der Waals surface area contributed by atoms with Crippen LogP contribution in [-0.4, -0.2) is 18.5 Å². The zero-order chi connectivity index (χ0) is 21.5. The predicted octanol–water partition coefficient (Wildman–Crippen LogP) is 6.16. The lowest BCUT2D eigenvalue weighted by atomic mass is 10.1. The second-order valence-electron chi connectivity index (χ2n) is 6.52. The number of ketones is 1. The number of hydrogen-bond donors (Lipinski definition) is 0. The van der Waals surface area contributed by atoms with Gasteiger partial charge in [-0.1, -0.05) is 65.7 Å². The van der Waals surface area contributed by atoms with Crippen LogP contribution in [0.3, 0.4) is 0 Å². The minimum absolute atomic E-state index is 0.164. The van der Waals surface area contributed by atoms with Crippen LogP contribution in [0.1, 0.15) is 23.6 Å². The summed E-state index contributed by atoms with van der Waals surface area (Å²) in [5, 5.41) is 1.22. The second-order valence-corrected chi connectivity index (χ2v) is 7.34. The van der Waals surface area contributed by atoms with Gasteiger partial charge in [0, 0.05) is 40.7 Å². The number of para-hydroxylation sites is 1. The molecule has 0 aliphatic heterocycles. The van der Waals surface area contributed by atoms with Crippen LogP contribution in [0.5, 0.6) is 11.5 Å². The highest BCUT2D eigenvalue weighted by Crippen LogP contribution is 2.34. The third-order valence-corrected chi connectivity index (χ3v) is 5.20. The highest BCUT2D eigenvalue weighted by molar-refractivity contribution is 6.46. The Kier molecular flexibility index (Phi) is 7.50. The van der Waals surface area contributed by atoms with E-state index in [0.717, 1.165) is 11.1 Å². The third-order valence-electron chi connectivity index (χ3n) is 4.46. The van der Waals surface area contributed by atoms with E-state index < -0.39 is 0 Å². The third kappa shape index (κ3) is 5.21. The molecule has 0 radical (unpaired) electrons. The fraction of sp³-hybridized carbons (Fsp3) is 0.167. The molecule has 30 heavy (non-hydrogen) atoms. The maximum absolute atomic E-state index is 12.1. The summed E-state index contributed by atoms with van der Waals surface area (Å²) >= 11 is 12.5. The molecule has 0 N–H and O–H groups in total. The molecule has 4 nitrogen and oxygen atoms in total. The van der Waals surface area contributed by atoms with Crippen molar-refractivity contribution in [3.63, 3.8) is 0 Å². The van der Waals surface area contributed by atoms with Crippen LogP contribution in [0.2, 0.25) is 10.0 Å². The largest absolute Gasteiger partial charge is 0.485 e. The number of carbonyl (C=O) groups is 1. The van der Waals surface area contributed by atoms with Gasteiger partial charge < -0.3 is 9.47 Å². The molecule has 3 aromatic carbocycles. The summed E-state index contributed by atoms with van der Waals surface area (Å²) in [7, 11) is 1.58. The summed E-state index contributed by atoms with van der Waals surface area (Å²) in [6, 6.07) is 20.3. The molecule has 3 aromatic rings. The van der Waals surface area contributed by atoms with Crippen LogP contribution in [-0.2, 0) is 18.0 Å². The summed E-state index contributed by atoms with van der Waals surface area (Å²) in [5.74, 6) is 0.755. The molecule has 0 unspecified atom stereocenters. The molecule has 0 bridgehead atoms. The van der Waals surface area contributed by atoms with Crippen LogP contribution < -0.4 is 9.47 Å². The molecule has 3 rings (SSSR count). The van der Waals surface area contributed by atoms with E-state index in [1.54, 1.807) is 31.3 Å². The molecule has 154 valence electrons. The molecule has 0 fully saturated rings. The fourth-order valence-corrected chi connectivity index (χ4v) is 3.35. The number of Topliss-reactive ketones (excluding diaryl/α,β-unsaturated/α-hetero) is 1. The van der Waals surface area contributed by atoms with E-state index in [0.29, 0.717) is 32.8 Å². The van der Waals surface area contributed by atoms with E-state index in [-0.39, 0.29) is 19.0 Å². The minimum atomic E-state index is -0.164. The summed E-state index contributed by atoms with van der Waals surface area (Å²) in [6.07, 6.45) is 0. The van der Waals surface area contributed by atoms with Crippen LogP contribution in [0.15, 0.2) is 71.7 Å². The van der Waals surface area contributed by atoms with Gasteiger partial charge in [0.25, 0.3) is 0 Å². The van der Waals surface area contributed by atoms with Crippen molar-refractivity contribution in [1.82, 2.24) is 0 Å². The molecule has 0 saturated heterocycles. The summed E-state index contributed by atoms with van der Waals surface area (Å²) in [5.41, 5.74) is 2.54. The molecule has 0 aromatic heterocycles. The van der Waals surface area contributed by atoms with Gasteiger partial charge in [0.1, 0.15) is 18.9 Å². The summed E-state index contributed by atoms with van der Waals surface area (Å²) in [6.45, 7) is 1.94. The van der Waals surface area contributed by atoms with Crippen LogP contribution in [0.4, 0.5) is 0 Å². The van der Waals surface area contributed by atoms with E-state index in [1.165, 1.54) is 6.92 Å². The number of carbonyl (C=O) groups excluding carboxylic acids is 1. The Bertz CT molecular complexity index is 1080. The maximum Gasteiger partial charge on any atom is 0.178 e. The van der Waals surface area contributed by atoms with Crippen LogP contribution in [0, 0.1) is 0 Å². The minimum Gasteiger partial charge on any atom is -0.485 e. The average Bonchev–Trinajstić information content (AvgIpc) is 2.73. The molecular weight excluding hydrogens is 421 g/mol. The van der Waals surface area contributed by atoms with Crippen LogP contribution >= 0.6 is 23.2 Å². The number of hydrogen-bond acceptors (Lipinski definition) is 4. The van der Waals surface area contributed by atoms with Gasteiger partial charge in [0.2, 0.25) is 0 Å². The van der Waals surface area contributed by atoms with E-state index in [4.69, 9.17) is 32.7 Å². The van der Waals surface area contributed by atoms with Crippen molar-refractivity contribution < 1.29 is 14.3 Å². The fourth-order valence-electron chi connectivity index (χ4n) is 2.97. The predicted molar refractivity (Wildman–Crippen MR) is 121 cm³/mol. The maximum atomic E-state index is 12.1. The second kappa shape index (κ2) is 10.3. The van der Waals surface area contributed by atoms with Crippen molar-refractivity contribution in [2.24, 2.45) is 4.99 Å². The van der Waals surface area contributed by atoms with E-state index in [2.05, 4.69) is 4.99 Å². The Morgan fingerprint density at radius 1 is 0.833 bits per heavy atom. The molecule has 0 heterocycles. The highest BCUT2D eigenvalue weighted by Gasteiger charge is 2.19. The molecule has 0 aliphatic rings. The summed E-state index contributed by atoms with van der Waals surface area (Å²) < 4.78 is 12.1. The smallest absolute Gasteiger partial charge is 0.178 e. The molecule has 0 spiro atoms. The Morgan fingerprint density at radius 3 is 1.93 bits per heavy atom. The zero-order valence-electron chi connectivity index (χ0n) is 16.7. The SMILES string of the molecule is CN=C(C(C)=O)c1cccc(OCc2ccccc2Cl)c1OCc1ccccc1Cl. The van der Waals surface area contributed by atoms with Crippen molar-refractivity contribution in [3.05, 3.63) is 93.5 Å². The lowest BCUT2D eigenvalue weighted by Gasteiger charge is -2.17. The van der Waals surface area contributed by atoms with Crippen molar-refractivity contribution in [3.8, 4) is 11.5 Å². The molecule has 0 aliphatic carbocycles. The summed E-state index contributed by atoms with van der Waals surface area (Å²) in [4.78, 5) is 16.3. The van der Waals surface area contributed by atoms with Crippen molar-refractivity contribution in [1.29, 1.82) is 0 Å². The van der Waals surface area contributed by atoms with Gasteiger partial charge in [-0.2, -0.15) is 0 Å². The molecule has 0 atom stereocenters. The first-order valence-electron chi connectivity index (χ1n) is 9.34. The number of halogens is 2. The zero-order valence-corrected chi connectivity index (χ0v) is 18.2. The quantitative estimate of drug-likeness (QED) is 0.393. The number of benzene rings is 3. The number of nitrogens with zero attached hydrogens (tertiary/aromatic N) is 1. The lowest BCUT2D eigenvalue weighted by Crippen LogP contribution is -2.14. The Hall–Kier alpha value is -2.82. The first-order chi connectivity index (χ1) is 14.5. The van der Waals surface area contributed by atoms with Crippen molar-refractivity contribution in [2.75, 3.05) is 7.05 Å². The van der Waals surface area contributed by atoms with Gasteiger partial charge in [-0.25, -0.2) is 0 Å². The number of aliphatic imine (C=N–C) groups is 1. The first kappa shape index (κ1) is 21.9. The van der Waals surface area contributed by atoms with Gasteiger partial charge in [-0.05, 0) is 24.3 Å². The first-order valence-corrected chi connectivity index (χ1v) is 10.1. The Morgan fingerprint density at radius 2 is 1.40 bits per heavy atom. The topological polar surface area (TPSA) is 47.9 Å². The van der Waals surface area contributed by atoms with E-state index >= 15 is 0 Å². The highest BCUT2D eigenvalue weighted by atomic mass is 35.5. The number of ether oxygens (including phenoxy) is 2. The van der Waals surface area contributed by atoms with Gasteiger partial charge in [-0.15, -0.1) is 0 Å². The van der Waals surface area contributed by atoms with Gasteiger partial charge in [-0.3, -0.25) is 9.79 Å².